The third-order valence-corrected chi connectivity index (χ3v) is 4.09. The Balaban J connectivity index is 1.67. The molecule has 0 saturated carbocycles. The zero-order chi connectivity index (χ0) is 13.9. The van der Waals surface area contributed by atoms with Crippen LogP contribution in [0.2, 0.25) is 0 Å². The molecule has 1 amide bonds. The molecular formula is C15H20N2O3. The van der Waals surface area contributed by atoms with E-state index in [2.05, 4.69) is 5.32 Å². The first-order valence-electron chi connectivity index (χ1n) is 7.06. The molecule has 1 aromatic carbocycles. The number of hydrogen-bond acceptors (Lipinski definition) is 4. The number of methoxy groups -OCH3 is 1. The van der Waals surface area contributed by atoms with E-state index in [1.807, 2.05) is 24.3 Å². The third kappa shape index (κ3) is 2.58. The average Bonchev–Trinajstić information content (AvgIpc) is 3.10. The van der Waals surface area contributed by atoms with E-state index >= 15 is 0 Å². The second-order valence-electron chi connectivity index (χ2n) is 5.37. The molecule has 2 aliphatic rings. The lowest BCUT2D eigenvalue weighted by Gasteiger charge is -2.16. The van der Waals surface area contributed by atoms with Crippen molar-refractivity contribution in [2.75, 3.05) is 26.7 Å². The van der Waals surface area contributed by atoms with E-state index in [1.54, 1.807) is 12.0 Å². The van der Waals surface area contributed by atoms with Crippen molar-refractivity contribution in [2.45, 2.75) is 19.1 Å². The van der Waals surface area contributed by atoms with E-state index in [0.717, 1.165) is 30.8 Å². The number of nitrogens with one attached hydrogen (secondary N) is 1. The van der Waals surface area contributed by atoms with E-state index < -0.39 is 0 Å². The fraction of sp³-hybridized carbons (Fsp3) is 0.533. The minimum atomic E-state index is -0.215. The number of carbonyl (C=O) groups excluding carboxylic acids is 1. The number of para-hydroxylation sites is 1. The van der Waals surface area contributed by atoms with E-state index in [1.165, 1.54) is 0 Å². The number of amides is 1. The van der Waals surface area contributed by atoms with Crippen molar-refractivity contribution in [1.82, 2.24) is 10.2 Å². The molecule has 0 aromatic heterocycles. The Morgan fingerprint density at radius 1 is 1.45 bits per heavy atom. The number of nitrogens with zero attached hydrogens (tertiary/aromatic N) is 1. The summed E-state index contributed by atoms with van der Waals surface area (Å²) in [7, 11) is 1.65. The largest absolute Gasteiger partial charge is 0.496 e. The van der Waals surface area contributed by atoms with Gasteiger partial charge in [-0.1, -0.05) is 18.2 Å². The van der Waals surface area contributed by atoms with Crippen LogP contribution in [0.5, 0.6) is 5.75 Å². The highest BCUT2D eigenvalue weighted by Gasteiger charge is 2.37. The minimum Gasteiger partial charge on any atom is -0.496 e. The number of cyclic esters (lactones) is 1. The maximum absolute atomic E-state index is 12.0. The molecule has 0 spiro atoms. The first kappa shape index (κ1) is 13.2. The van der Waals surface area contributed by atoms with Crippen LogP contribution >= 0.6 is 0 Å². The van der Waals surface area contributed by atoms with E-state index in [0.29, 0.717) is 19.0 Å². The summed E-state index contributed by atoms with van der Waals surface area (Å²) < 4.78 is 10.8. The lowest BCUT2D eigenvalue weighted by molar-refractivity contribution is 0.107. The van der Waals surface area contributed by atoms with Gasteiger partial charge in [-0.2, -0.15) is 0 Å². The quantitative estimate of drug-likeness (QED) is 0.908. The number of hydrogen-bond donors (Lipinski definition) is 1. The molecule has 2 saturated heterocycles. The lowest BCUT2D eigenvalue weighted by Crippen LogP contribution is -2.28. The first-order chi connectivity index (χ1) is 9.78. The summed E-state index contributed by atoms with van der Waals surface area (Å²) in [4.78, 5) is 13.8. The lowest BCUT2D eigenvalue weighted by atomic mass is 10.0. The molecule has 0 radical (unpaired) electrons. The zero-order valence-electron chi connectivity index (χ0n) is 11.7. The summed E-state index contributed by atoms with van der Waals surface area (Å²) in [5, 5.41) is 3.32. The van der Waals surface area contributed by atoms with Crippen LogP contribution in [0.1, 0.15) is 12.0 Å². The SMILES string of the molecule is COc1ccccc1CN1CC(C2CCNC2)OC1=O. The second-order valence-corrected chi connectivity index (χ2v) is 5.37. The van der Waals surface area contributed by atoms with Gasteiger partial charge in [0.05, 0.1) is 20.2 Å². The van der Waals surface area contributed by atoms with E-state index in [9.17, 15) is 4.79 Å². The van der Waals surface area contributed by atoms with Crippen LogP contribution in [-0.4, -0.2) is 43.8 Å². The van der Waals surface area contributed by atoms with E-state index in [4.69, 9.17) is 9.47 Å². The molecule has 0 aliphatic carbocycles. The normalized spacial score (nSPS) is 25.9. The molecule has 0 bridgehead atoms. The summed E-state index contributed by atoms with van der Waals surface area (Å²) >= 11 is 0. The van der Waals surface area contributed by atoms with E-state index in [-0.39, 0.29) is 12.2 Å². The molecule has 2 fully saturated rings. The molecule has 5 nitrogen and oxygen atoms in total. The van der Waals surface area contributed by atoms with Gasteiger partial charge in [-0.3, -0.25) is 0 Å². The Kier molecular flexibility index (Phi) is 3.78. The molecule has 1 N–H and O–H groups in total. The number of rotatable bonds is 4. The van der Waals surface area contributed by atoms with Crippen molar-refractivity contribution >= 4 is 6.09 Å². The molecule has 2 atom stereocenters. The molecular weight excluding hydrogens is 256 g/mol. The fourth-order valence-electron chi connectivity index (χ4n) is 2.94. The van der Waals surface area contributed by atoms with Crippen molar-refractivity contribution in [3.05, 3.63) is 29.8 Å². The highest BCUT2D eigenvalue weighted by molar-refractivity contribution is 5.70. The zero-order valence-corrected chi connectivity index (χ0v) is 11.7. The van der Waals surface area contributed by atoms with Crippen LogP contribution in [0.3, 0.4) is 0 Å². The van der Waals surface area contributed by atoms with Crippen LogP contribution in [0.15, 0.2) is 24.3 Å². The Morgan fingerprint density at radius 3 is 3.05 bits per heavy atom. The molecule has 2 unspecified atom stereocenters. The monoisotopic (exact) mass is 276 g/mol. The summed E-state index contributed by atoms with van der Waals surface area (Å²) in [5.41, 5.74) is 1.01. The van der Waals surface area contributed by atoms with Crippen LogP contribution in [0.25, 0.3) is 0 Å². The van der Waals surface area contributed by atoms with Crippen molar-refractivity contribution < 1.29 is 14.3 Å². The Hall–Kier alpha value is -1.75. The maximum atomic E-state index is 12.0. The second kappa shape index (κ2) is 5.71. The third-order valence-electron chi connectivity index (χ3n) is 4.09. The predicted octanol–water partition coefficient (Wildman–Crippen LogP) is 1.63. The van der Waals surface area contributed by atoms with Gasteiger partial charge in [0.2, 0.25) is 0 Å². The Bertz CT molecular complexity index is 486. The summed E-state index contributed by atoms with van der Waals surface area (Å²) in [6.45, 7) is 3.17. The summed E-state index contributed by atoms with van der Waals surface area (Å²) in [6.07, 6.45) is 0.889. The van der Waals surface area contributed by atoms with Gasteiger partial charge >= 0.3 is 6.09 Å². The van der Waals surface area contributed by atoms with Crippen molar-refractivity contribution in [2.24, 2.45) is 5.92 Å². The van der Waals surface area contributed by atoms with Crippen LogP contribution in [0.4, 0.5) is 4.79 Å². The molecule has 3 rings (SSSR count). The molecule has 108 valence electrons. The summed E-state index contributed by atoms with van der Waals surface area (Å²) in [5.74, 6) is 1.26. The van der Waals surface area contributed by atoms with Gasteiger partial charge in [-0.05, 0) is 19.0 Å². The van der Waals surface area contributed by atoms with Crippen LogP contribution < -0.4 is 10.1 Å². The van der Waals surface area contributed by atoms with Crippen molar-refractivity contribution in [1.29, 1.82) is 0 Å². The van der Waals surface area contributed by atoms with Gasteiger partial charge in [0.25, 0.3) is 0 Å². The van der Waals surface area contributed by atoms with Crippen molar-refractivity contribution in [3.8, 4) is 5.75 Å². The predicted molar refractivity (Wildman–Crippen MR) is 74.6 cm³/mol. The van der Waals surface area contributed by atoms with Gasteiger partial charge in [-0.25, -0.2) is 4.79 Å². The van der Waals surface area contributed by atoms with Gasteiger partial charge in [0, 0.05) is 18.0 Å². The van der Waals surface area contributed by atoms with Gasteiger partial charge in [0.1, 0.15) is 11.9 Å². The molecule has 5 heteroatoms. The minimum absolute atomic E-state index is 0.0206. The summed E-state index contributed by atoms with van der Waals surface area (Å²) in [6, 6.07) is 7.78. The molecule has 1 aromatic rings. The Morgan fingerprint density at radius 2 is 2.30 bits per heavy atom. The topological polar surface area (TPSA) is 50.8 Å². The smallest absolute Gasteiger partial charge is 0.410 e. The first-order valence-corrected chi connectivity index (χ1v) is 7.06. The molecule has 2 heterocycles. The molecule has 20 heavy (non-hydrogen) atoms. The number of carbonyl (C=O) groups is 1. The highest BCUT2D eigenvalue weighted by Crippen LogP contribution is 2.26. The van der Waals surface area contributed by atoms with Crippen LogP contribution in [0, 0.1) is 5.92 Å². The standard InChI is InChI=1S/C15H20N2O3/c1-19-13-5-3-2-4-12(13)9-17-10-14(20-15(17)18)11-6-7-16-8-11/h2-5,11,14,16H,6-10H2,1H3. The number of ether oxygens (including phenoxy) is 2. The van der Waals surface area contributed by atoms with Gasteiger partial charge in [0.15, 0.2) is 0 Å². The Labute approximate surface area is 118 Å². The van der Waals surface area contributed by atoms with Crippen LogP contribution in [-0.2, 0) is 11.3 Å². The van der Waals surface area contributed by atoms with Gasteiger partial charge in [-0.15, -0.1) is 0 Å². The van der Waals surface area contributed by atoms with Gasteiger partial charge < -0.3 is 19.7 Å². The fourth-order valence-corrected chi connectivity index (χ4v) is 2.94. The maximum Gasteiger partial charge on any atom is 0.410 e. The highest BCUT2D eigenvalue weighted by atomic mass is 16.6. The molecule has 2 aliphatic heterocycles. The average molecular weight is 276 g/mol. The van der Waals surface area contributed by atoms with Crippen molar-refractivity contribution in [3.63, 3.8) is 0 Å². The number of benzene rings is 1.